The lowest BCUT2D eigenvalue weighted by molar-refractivity contribution is 0.121. The van der Waals surface area contributed by atoms with Gasteiger partial charge in [-0.1, -0.05) is 26.2 Å². The van der Waals surface area contributed by atoms with E-state index in [0.29, 0.717) is 0 Å². The topological polar surface area (TPSA) is 15.3 Å². The molecule has 1 aliphatic heterocycles. The second-order valence-electron chi connectivity index (χ2n) is 5.12. The summed E-state index contributed by atoms with van der Waals surface area (Å²) in [6.45, 7) is 5.98. The van der Waals surface area contributed by atoms with Crippen molar-refractivity contribution in [2.75, 3.05) is 25.9 Å². The fourth-order valence-electron chi connectivity index (χ4n) is 3.39. The summed E-state index contributed by atoms with van der Waals surface area (Å²) in [6.07, 6.45) is 9.50. The molecule has 2 atom stereocenters. The monoisotopic (exact) mass is 242 g/mol. The van der Waals surface area contributed by atoms with E-state index in [2.05, 4.69) is 23.4 Å². The van der Waals surface area contributed by atoms with Crippen molar-refractivity contribution in [1.82, 2.24) is 10.2 Å². The van der Waals surface area contributed by atoms with Gasteiger partial charge in [0.05, 0.1) is 0 Å². The minimum atomic E-state index is 0.781. The zero-order chi connectivity index (χ0) is 11.4. The van der Waals surface area contributed by atoms with E-state index in [9.17, 15) is 0 Å². The summed E-state index contributed by atoms with van der Waals surface area (Å²) in [5.74, 6) is 0. The van der Waals surface area contributed by atoms with Gasteiger partial charge in [0.15, 0.2) is 0 Å². The van der Waals surface area contributed by atoms with E-state index in [0.717, 1.165) is 17.3 Å². The Bertz CT molecular complexity index is 204. The molecule has 1 aliphatic carbocycles. The van der Waals surface area contributed by atoms with Gasteiger partial charge in [0.2, 0.25) is 0 Å². The molecule has 2 aliphatic rings. The van der Waals surface area contributed by atoms with Crippen molar-refractivity contribution in [1.29, 1.82) is 0 Å². The van der Waals surface area contributed by atoms with E-state index in [1.165, 1.54) is 51.7 Å². The van der Waals surface area contributed by atoms with Crippen LogP contribution >= 0.6 is 11.8 Å². The molecule has 0 spiro atoms. The maximum Gasteiger partial charge on any atom is 0.0354 e. The van der Waals surface area contributed by atoms with Crippen molar-refractivity contribution in [2.45, 2.75) is 56.4 Å². The van der Waals surface area contributed by atoms with Crippen LogP contribution in [-0.4, -0.2) is 48.1 Å². The molecule has 0 aromatic heterocycles. The lowest BCUT2D eigenvalue weighted by atomic mass is 9.93. The summed E-state index contributed by atoms with van der Waals surface area (Å²) < 4.78 is 0. The summed E-state index contributed by atoms with van der Waals surface area (Å²) >= 11 is 2.04. The number of likely N-dealkylation sites (N-methyl/N-ethyl adjacent to an activating group) is 1. The van der Waals surface area contributed by atoms with Gasteiger partial charge in [0, 0.05) is 30.4 Å². The number of hydrogen-bond donors (Lipinski definition) is 1. The average molecular weight is 242 g/mol. The maximum atomic E-state index is 3.56. The fraction of sp³-hybridized carbons (Fsp3) is 1.00. The molecule has 1 saturated heterocycles. The van der Waals surface area contributed by atoms with Gasteiger partial charge in [-0.15, -0.1) is 0 Å². The second-order valence-corrected chi connectivity index (χ2v) is 6.20. The summed E-state index contributed by atoms with van der Waals surface area (Å²) in [5, 5.41) is 4.37. The van der Waals surface area contributed by atoms with Crippen LogP contribution in [0.3, 0.4) is 0 Å². The Morgan fingerprint density at radius 1 is 1.19 bits per heavy atom. The number of nitrogens with zero attached hydrogens (tertiary/aromatic N) is 1. The largest absolute Gasteiger partial charge is 0.314 e. The zero-order valence-electron chi connectivity index (χ0n) is 10.7. The van der Waals surface area contributed by atoms with Gasteiger partial charge in [-0.2, -0.15) is 11.8 Å². The predicted molar refractivity (Wildman–Crippen MR) is 73.2 cm³/mol. The zero-order valence-corrected chi connectivity index (χ0v) is 11.6. The molecule has 94 valence electrons. The molecule has 2 unspecified atom stereocenters. The van der Waals surface area contributed by atoms with E-state index in [4.69, 9.17) is 0 Å². The molecule has 3 heteroatoms. The predicted octanol–water partition coefficient (Wildman–Crippen LogP) is 2.34. The van der Waals surface area contributed by atoms with Gasteiger partial charge >= 0.3 is 0 Å². The quantitative estimate of drug-likeness (QED) is 0.814. The van der Waals surface area contributed by atoms with Crippen LogP contribution in [0.25, 0.3) is 0 Å². The first-order chi connectivity index (χ1) is 7.86. The van der Waals surface area contributed by atoms with Crippen LogP contribution < -0.4 is 5.32 Å². The van der Waals surface area contributed by atoms with Crippen LogP contribution in [0.2, 0.25) is 0 Å². The minimum absolute atomic E-state index is 0.781. The van der Waals surface area contributed by atoms with Crippen LogP contribution in [0.1, 0.15) is 39.0 Å². The highest BCUT2D eigenvalue weighted by atomic mass is 32.2. The van der Waals surface area contributed by atoms with E-state index in [-0.39, 0.29) is 0 Å². The Morgan fingerprint density at radius 2 is 1.94 bits per heavy atom. The molecule has 0 radical (unpaired) electrons. The molecule has 2 rings (SSSR count). The lowest BCUT2D eigenvalue weighted by Crippen LogP contribution is -2.48. The van der Waals surface area contributed by atoms with Gasteiger partial charge in [-0.3, -0.25) is 4.90 Å². The summed E-state index contributed by atoms with van der Waals surface area (Å²) in [4.78, 5) is 2.79. The molecule has 0 aromatic carbocycles. The Morgan fingerprint density at radius 3 is 2.56 bits per heavy atom. The smallest absolute Gasteiger partial charge is 0.0354 e. The molecule has 0 amide bonds. The van der Waals surface area contributed by atoms with E-state index >= 15 is 0 Å². The van der Waals surface area contributed by atoms with Crippen molar-refractivity contribution in [3.63, 3.8) is 0 Å². The van der Waals surface area contributed by atoms with Crippen molar-refractivity contribution in [3.8, 4) is 0 Å². The summed E-state index contributed by atoms with van der Waals surface area (Å²) in [5.41, 5.74) is 0. The van der Waals surface area contributed by atoms with Crippen LogP contribution in [0, 0.1) is 0 Å². The third-order valence-corrected chi connectivity index (χ3v) is 5.35. The highest BCUT2D eigenvalue weighted by Gasteiger charge is 2.34. The van der Waals surface area contributed by atoms with Crippen LogP contribution in [-0.2, 0) is 0 Å². The normalized spacial score (nSPS) is 32.4. The van der Waals surface area contributed by atoms with Gasteiger partial charge in [-0.05, 0) is 25.6 Å². The number of rotatable bonds is 4. The number of thioether (sulfide) groups is 1. The van der Waals surface area contributed by atoms with Crippen molar-refractivity contribution in [2.24, 2.45) is 0 Å². The third kappa shape index (κ3) is 2.74. The van der Waals surface area contributed by atoms with Gasteiger partial charge in [0.1, 0.15) is 0 Å². The molecule has 2 fully saturated rings. The molecule has 16 heavy (non-hydrogen) atoms. The SMILES string of the molecule is CCN(C1CCCCC1)C1CNCC1SC. The summed E-state index contributed by atoms with van der Waals surface area (Å²) in [7, 11) is 0. The Kier molecular flexibility index (Phi) is 4.98. The second kappa shape index (κ2) is 6.27. The van der Waals surface area contributed by atoms with Crippen molar-refractivity contribution < 1.29 is 0 Å². The van der Waals surface area contributed by atoms with Gasteiger partial charge < -0.3 is 5.32 Å². The lowest BCUT2D eigenvalue weighted by Gasteiger charge is -2.39. The first-order valence-corrected chi connectivity index (χ1v) is 8.15. The standard InChI is InChI=1S/C13H26N2S/c1-3-15(11-7-5-4-6-8-11)12-9-14-10-13(12)16-2/h11-14H,3-10H2,1-2H3. The van der Waals surface area contributed by atoms with Crippen molar-refractivity contribution in [3.05, 3.63) is 0 Å². The molecule has 1 saturated carbocycles. The van der Waals surface area contributed by atoms with Crippen LogP contribution in [0.15, 0.2) is 0 Å². The Hall–Kier alpha value is 0.270. The number of hydrogen-bond acceptors (Lipinski definition) is 3. The fourth-order valence-corrected chi connectivity index (χ4v) is 4.24. The first-order valence-electron chi connectivity index (χ1n) is 6.86. The third-order valence-electron chi connectivity index (χ3n) is 4.27. The minimum Gasteiger partial charge on any atom is -0.314 e. The summed E-state index contributed by atoms with van der Waals surface area (Å²) in [6, 6.07) is 1.65. The van der Waals surface area contributed by atoms with E-state index in [1.54, 1.807) is 0 Å². The first kappa shape index (κ1) is 12.7. The van der Waals surface area contributed by atoms with Gasteiger partial charge in [0.25, 0.3) is 0 Å². The van der Waals surface area contributed by atoms with E-state index < -0.39 is 0 Å². The highest BCUT2D eigenvalue weighted by molar-refractivity contribution is 7.99. The molecule has 1 heterocycles. The molecule has 0 aromatic rings. The molecule has 1 N–H and O–H groups in total. The van der Waals surface area contributed by atoms with Crippen LogP contribution in [0.5, 0.6) is 0 Å². The average Bonchev–Trinajstić information content (AvgIpc) is 2.80. The van der Waals surface area contributed by atoms with Gasteiger partial charge in [-0.25, -0.2) is 0 Å². The Labute approximate surface area is 105 Å². The molecule has 0 bridgehead atoms. The molecular weight excluding hydrogens is 216 g/mol. The highest BCUT2D eigenvalue weighted by Crippen LogP contribution is 2.28. The molecular formula is C13H26N2S. The number of nitrogens with one attached hydrogen (secondary N) is 1. The van der Waals surface area contributed by atoms with E-state index in [1.807, 2.05) is 11.8 Å². The van der Waals surface area contributed by atoms with Crippen LogP contribution in [0.4, 0.5) is 0 Å². The maximum absolute atomic E-state index is 3.56. The molecule has 2 nitrogen and oxygen atoms in total. The Balaban J connectivity index is 1.97. The van der Waals surface area contributed by atoms with Crippen molar-refractivity contribution >= 4 is 11.8 Å².